The van der Waals surface area contributed by atoms with Crippen molar-refractivity contribution in [1.29, 1.82) is 0 Å². The third-order valence-corrected chi connectivity index (χ3v) is 3.98. The second-order valence-electron chi connectivity index (χ2n) is 5.43. The predicted molar refractivity (Wildman–Crippen MR) is 70.7 cm³/mol. The first-order valence-electron chi connectivity index (χ1n) is 6.64. The highest BCUT2D eigenvalue weighted by Crippen LogP contribution is 2.38. The molecule has 0 aromatic heterocycles. The summed E-state index contributed by atoms with van der Waals surface area (Å²) in [4.78, 5) is 34.8. The van der Waals surface area contributed by atoms with Gasteiger partial charge in [-0.15, -0.1) is 0 Å². The van der Waals surface area contributed by atoms with E-state index in [2.05, 4.69) is 0 Å². The van der Waals surface area contributed by atoms with E-state index in [1.165, 1.54) is 13.0 Å². The predicted octanol–water partition coefficient (Wildman–Crippen LogP) is 0.959. The van der Waals surface area contributed by atoms with Crippen molar-refractivity contribution in [3.8, 4) is 0 Å². The van der Waals surface area contributed by atoms with Crippen LogP contribution in [0.4, 0.5) is 0 Å². The molecular formula is C15H18O5. The van der Waals surface area contributed by atoms with Crippen molar-refractivity contribution in [2.75, 3.05) is 0 Å². The van der Waals surface area contributed by atoms with Crippen LogP contribution >= 0.6 is 0 Å². The molecule has 0 spiro atoms. The molecule has 20 heavy (non-hydrogen) atoms. The molecule has 1 N–H and O–H groups in total. The molecule has 2 rings (SSSR count). The minimum absolute atomic E-state index is 0.0345. The molecule has 1 aliphatic heterocycles. The number of allylic oxidation sites excluding steroid dienone is 1. The van der Waals surface area contributed by atoms with E-state index in [1.807, 2.05) is 0 Å². The van der Waals surface area contributed by atoms with Gasteiger partial charge in [-0.2, -0.15) is 0 Å². The van der Waals surface area contributed by atoms with Crippen LogP contribution in [0.1, 0.15) is 27.2 Å². The van der Waals surface area contributed by atoms with Crippen molar-refractivity contribution in [3.05, 3.63) is 23.3 Å². The Morgan fingerprint density at radius 1 is 1.40 bits per heavy atom. The summed E-state index contributed by atoms with van der Waals surface area (Å²) in [7, 11) is 0. The molecule has 0 saturated carbocycles. The summed E-state index contributed by atoms with van der Waals surface area (Å²) in [5, 5.41) is 9.74. The Balaban J connectivity index is 2.36. The second kappa shape index (κ2) is 5.32. The van der Waals surface area contributed by atoms with Gasteiger partial charge in [0.2, 0.25) is 0 Å². The molecule has 0 bridgehead atoms. The van der Waals surface area contributed by atoms with Crippen molar-refractivity contribution in [1.82, 2.24) is 0 Å². The molecule has 108 valence electrons. The van der Waals surface area contributed by atoms with E-state index in [4.69, 9.17) is 4.74 Å². The average molecular weight is 278 g/mol. The molecule has 2 aliphatic rings. The molecule has 1 heterocycles. The van der Waals surface area contributed by atoms with Gasteiger partial charge in [0.1, 0.15) is 6.10 Å². The summed E-state index contributed by atoms with van der Waals surface area (Å²) in [6.45, 7) is 4.81. The van der Waals surface area contributed by atoms with Gasteiger partial charge in [-0.25, -0.2) is 0 Å². The van der Waals surface area contributed by atoms with Gasteiger partial charge < -0.3 is 9.84 Å². The third kappa shape index (κ3) is 2.45. The fourth-order valence-electron chi connectivity index (χ4n) is 2.72. The van der Waals surface area contributed by atoms with Gasteiger partial charge in [-0.05, 0) is 25.5 Å². The molecule has 1 fully saturated rings. The number of rotatable bonds is 3. The van der Waals surface area contributed by atoms with Gasteiger partial charge in [-0.3, -0.25) is 14.4 Å². The topological polar surface area (TPSA) is 80.7 Å². The van der Waals surface area contributed by atoms with Crippen LogP contribution in [0.25, 0.3) is 0 Å². The van der Waals surface area contributed by atoms with E-state index >= 15 is 0 Å². The van der Waals surface area contributed by atoms with Crippen LogP contribution in [0, 0.1) is 11.8 Å². The molecule has 0 amide bonds. The number of esters is 1. The fraction of sp³-hybridized carbons (Fsp3) is 0.533. The number of aliphatic hydroxyl groups excluding tert-OH is 1. The Hall–Kier alpha value is -1.75. The van der Waals surface area contributed by atoms with Gasteiger partial charge in [-0.1, -0.05) is 13.0 Å². The third-order valence-electron chi connectivity index (χ3n) is 3.98. The lowest BCUT2D eigenvalue weighted by atomic mass is 9.86. The number of ether oxygens (including phenoxy) is 1. The first kappa shape index (κ1) is 14.7. The van der Waals surface area contributed by atoms with Crippen LogP contribution in [0.5, 0.6) is 0 Å². The van der Waals surface area contributed by atoms with Gasteiger partial charge in [0.15, 0.2) is 11.6 Å². The molecule has 0 aromatic rings. The van der Waals surface area contributed by atoms with E-state index < -0.39 is 18.1 Å². The van der Waals surface area contributed by atoms with Crippen LogP contribution in [0.2, 0.25) is 0 Å². The molecule has 0 radical (unpaired) electrons. The van der Waals surface area contributed by atoms with Crippen molar-refractivity contribution in [2.24, 2.45) is 11.8 Å². The molecular weight excluding hydrogens is 260 g/mol. The highest BCUT2D eigenvalue weighted by Gasteiger charge is 2.46. The number of hydrogen-bond donors (Lipinski definition) is 1. The number of cyclic esters (lactones) is 1. The van der Waals surface area contributed by atoms with E-state index in [9.17, 15) is 19.5 Å². The van der Waals surface area contributed by atoms with Crippen LogP contribution in [-0.4, -0.2) is 34.9 Å². The van der Waals surface area contributed by atoms with E-state index in [0.717, 1.165) is 0 Å². The zero-order valence-electron chi connectivity index (χ0n) is 11.8. The van der Waals surface area contributed by atoms with Crippen molar-refractivity contribution >= 4 is 17.5 Å². The van der Waals surface area contributed by atoms with Gasteiger partial charge in [0, 0.05) is 17.9 Å². The molecule has 1 unspecified atom stereocenters. The first-order chi connectivity index (χ1) is 9.32. The molecule has 1 aliphatic carbocycles. The zero-order valence-corrected chi connectivity index (χ0v) is 11.8. The summed E-state index contributed by atoms with van der Waals surface area (Å²) in [5.41, 5.74) is 0.941. The van der Waals surface area contributed by atoms with Crippen molar-refractivity contribution in [3.63, 3.8) is 0 Å². The van der Waals surface area contributed by atoms with Gasteiger partial charge >= 0.3 is 5.97 Å². The van der Waals surface area contributed by atoms with Gasteiger partial charge in [0.25, 0.3) is 0 Å². The molecule has 1 saturated heterocycles. The first-order valence-corrected chi connectivity index (χ1v) is 6.64. The lowest BCUT2D eigenvalue weighted by molar-refractivity contribution is -0.143. The lowest BCUT2D eigenvalue weighted by Gasteiger charge is -2.17. The Morgan fingerprint density at radius 2 is 2.05 bits per heavy atom. The standard InChI is InChI=1S/C15H18O5/c1-7(16)4-5-10-8(2)15(19)20-14(10)13-9(3)11(17)6-12(13)18/h4-5,8,10-11,14,17H,6H2,1-3H3/b5-4+/t8-,10-,11?,14-/m0/s1. The van der Waals surface area contributed by atoms with Crippen LogP contribution in [-0.2, 0) is 19.1 Å². The maximum Gasteiger partial charge on any atom is 0.310 e. The Kier molecular flexibility index (Phi) is 3.90. The molecule has 4 atom stereocenters. The SMILES string of the molecule is CC(=O)/C=C/[C@H]1[C@H](C)C(=O)O[C@@H]1C1=C(C)C(O)CC1=O. The molecule has 0 aromatic carbocycles. The number of carbonyl (C=O) groups excluding carboxylic acids is 3. The monoisotopic (exact) mass is 278 g/mol. The minimum Gasteiger partial charge on any atom is -0.456 e. The maximum absolute atomic E-state index is 12.0. The zero-order chi connectivity index (χ0) is 15.0. The van der Waals surface area contributed by atoms with Gasteiger partial charge in [0.05, 0.1) is 12.0 Å². The maximum atomic E-state index is 12.0. The van der Waals surface area contributed by atoms with Crippen molar-refractivity contribution in [2.45, 2.75) is 39.4 Å². The lowest BCUT2D eigenvalue weighted by Crippen LogP contribution is -2.23. The summed E-state index contributed by atoms with van der Waals surface area (Å²) >= 11 is 0. The number of Topliss-reactive ketones (excluding diaryl/α,β-unsaturated/α-hetero) is 1. The fourth-order valence-corrected chi connectivity index (χ4v) is 2.72. The van der Waals surface area contributed by atoms with E-state index in [0.29, 0.717) is 11.1 Å². The highest BCUT2D eigenvalue weighted by atomic mass is 16.6. The summed E-state index contributed by atoms with van der Waals surface area (Å²) in [6.07, 6.45) is 1.55. The van der Waals surface area contributed by atoms with Crippen molar-refractivity contribution < 1.29 is 24.2 Å². The Morgan fingerprint density at radius 3 is 2.55 bits per heavy atom. The molecule has 5 heteroatoms. The highest BCUT2D eigenvalue weighted by molar-refractivity contribution is 6.01. The van der Waals surface area contributed by atoms with E-state index in [-0.39, 0.29) is 29.9 Å². The smallest absolute Gasteiger partial charge is 0.310 e. The Labute approximate surface area is 117 Å². The average Bonchev–Trinajstić information content (AvgIpc) is 2.76. The number of aliphatic hydroxyl groups is 1. The number of ketones is 2. The number of hydrogen-bond acceptors (Lipinski definition) is 5. The molecule has 5 nitrogen and oxygen atoms in total. The quantitative estimate of drug-likeness (QED) is 0.614. The number of carbonyl (C=O) groups is 3. The normalized spacial score (nSPS) is 34.2. The minimum atomic E-state index is -0.801. The summed E-state index contributed by atoms with van der Waals surface area (Å²) in [6, 6.07) is 0. The summed E-state index contributed by atoms with van der Waals surface area (Å²) < 4.78 is 5.30. The van der Waals surface area contributed by atoms with E-state index in [1.54, 1.807) is 19.9 Å². The van der Waals surface area contributed by atoms with Crippen LogP contribution in [0.15, 0.2) is 23.3 Å². The Bertz CT molecular complexity index is 528. The second-order valence-corrected chi connectivity index (χ2v) is 5.43. The van der Waals surface area contributed by atoms with Crippen LogP contribution in [0.3, 0.4) is 0 Å². The largest absolute Gasteiger partial charge is 0.456 e. The van der Waals surface area contributed by atoms with Crippen LogP contribution < -0.4 is 0 Å². The summed E-state index contributed by atoms with van der Waals surface area (Å²) in [5.74, 6) is -1.48.